The molecule has 6 nitrogen and oxygen atoms in total. The molecule has 0 aliphatic carbocycles. The molecule has 1 saturated heterocycles. The number of hydrogen-bond acceptors (Lipinski definition) is 5. The number of non-ortho nitro benzene ring substituents is 1. The molecule has 4 rings (SSSR count). The number of ether oxygens (including phenoxy) is 1. The molecule has 0 radical (unpaired) electrons. The van der Waals surface area contributed by atoms with E-state index in [-0.39, 0.29) is 5.69 Å². The smallest absolute Gasteiger partial charge is 0.269 e. The summed E-state index contributed by atoms with van der Waals surface area (Å²) in [6.45, 7) is 0. The van der Waals surface area contributed by atoms with E-state index in [9.17, 15) is 19.7 Å². The lowest BCUT2D eigenvalue weighted by molar-refractivity contribution is -0.384. The van der Waals surface area contributed by atoms with E-state index in [1.54, 1.807) is 60.7 Å². The van der Waals surface area contributed by atoms with Crippen molar-refractivity contribution in [2.24, 2.45) is 0 Å². The van der Waals surface area contributed by atoms with Crippen LogP contribution in [0, 0.1) is 10.1 Å². The largest absolute Gasteiger partial charge is 0.344 e. The molecule has 0 unspecified atom stereocenters. The van der Waals surface area contributed by atoms with Gasteiger partial charge in [0.1, 0.15) is 6.10 Å². The number of hydrogen-bond donors (Lipinski definition) is 0. The van der Waals surface area contributed by atoms with Gasteiger partial charge in [-0.3, -0.25) is 19.7 Å². The Hall–Kier alpha value is -3.64. The summed E-state index contributed by atoms with van der Waals surface area (Å²) in [7, 11) is 0. The molecular formula is C22H15NO5. The molecule has 0 saturated carbocycles. The molecule has 0 spiro atoms. The standard InChI is InChI=1S/C22H15NO5/c24-19(15-7-3-1-4-8-15)22(20(25)16-9-5-2-6-10-16)21(28-22)17-11-13-18(14-12-17)23(26)27/h1-14,21H/t21-/m1/s1. The van der Waals surface area contributed by atoms with Gasteiger partial charge in [-0.1, -0.05) is 60.7 Å². The second kappa shape index (κ2) is 6.83. The third-order valence-corrected chi connectivity index (χ3v) is 4.77. The van der Waals surface area contributed by atoms with Gasteiger partial charge < -0.3 is 4.74 Å². The van der Waals surface area contributed by atoms with Gasteiger partial charge in [0.15, 0.2) is 0 Å². The van der Waals surface area contributed by atoms with Crippen LogP contribution >= 0.6 is 0 Å². The van der Waals surface area contributed by atoms with E-state index < -0.39 is 28.2 Å². The first-order valence-electron chi connectivity index (χ1n) is 8.66. The van der Waals surface area contributed by atoms with Crippen molar-refractivity contribution in [3.05, 3.63) is 112 Å². The summed E-state index contributed by atoms with van der Waals surface area (Å²) in [5.74, 6) is -0.851. The zero-order chi connectivity index (χ0) is 19.7. The lowest BCUT2D eigenvalue weighted by Crippen LogP contribution is -2.35. The molecule has 0 N–H and O–H groups in total. The maximum absolute atomic E-state index is 13.2. The van der Waals surface area contributed by atoms with E-state index in [1.165, 1.54) is 24.3 Å². The molecular weight excluding hydrogens is 358 g/mol. The number of Topliss-reactive ketones (excluding diaryl/α,β-unsaturated/α-hetero) is 2. The number of nitro benzene ring substituents is 1. The highest BCUT2D eigenvalue weighted by Gasteiger charge is 2.68. The Morgan fingerprint density at radius 1 is 0.786 bits per heavy atom. The van der Waals surface area contributed by atoms with Crippen molar-refractivity contribution in [3.8, 4) is 0 Å². The van der Waals surface area contributed by atoms with Gasteiger partial charge >= 0.3 is 0 Å². The van der Waals surface area contributed by atoms with E-state index in [1.807, 2.05) is 0 Å². The van der Waals surface area contributed by atoms with Crippen molar-refractivity contribution in [3.63, 3.8) is 0 Å². The number of rotatable bonds is 6. The molecule has 6 heteroatoms. The zero-order valence-corrected chi connectivity index (χ0v) is 14.6. The van der Waals surface area contributed by atoms with Crippen LogP contribution in [0.1, 0.15) is 32.4 Å². The molecule has 1 aliphatic heterocycles. The van der Waals surface area contributed by atoms with Crippen molar-refractivity contribution in [1.29, 1.82) is 0 Å². The first-order valence-corrected chi connectivity index (χ1v) is 8.66. The Morgan fingerprint density at radius 2 is 1.25 bits per heavy atom. The van der Waals surface area contributed by atoms with Crippen LogP contribution in [0.25, 0.3) is 0 Å². The Labute approximate surface area is 160 Å². The average Bonchev–Trinajstić information content (AvgIpc) is 3.51. The number of carbonyl (C=O) groups is 2. The Balaban J connectivity index is 1.75. The molecule has 0 aromatic heterocycles. The molecule has 1 aliphatic rings. The van der Waals surface area contributed by atoms with Crippen LogP contribution in [-0.2, 0) is 4.74 Å². The maximum Gasteiger partial charge on any atom is 0.269 e. The Morgan fingerprint density at radius 3 is 1.68 bits per heavy atom. The summed E-state index contributed by atoms with van der Waals surface area (Å²) in [5.41, 5.74) is -0.455. The van der Waals surface area contributed by atoms with Gasteiger partial charge in [-0.25, -0.2) is 0 Å². The van der Waals surface area contributed by atoms with Gasteiger partial charge in [-0.2, -0.15) is 0 Å². The van der Waals surface area contributed by atoms with E-state index in [0.29, 0.717) is 16.7 Å². The molecule has 1 atom stereocenters. The minimum Gasteiger partial charge on any atom is -0.344 e. The predicted octanol–water partition coefficient (Wildman–Crippen LogP) is 4.17. The fraction of sp³-hybridized carbons (Fsp3) is 0.0909. The van der Waals surface area contributed by atoms with Crippen LogP contribution in [0.2, 0.25) is 0 Å². The molecule has 0 bridgehead atoms. The highest BCUT2D eigenvalue weighted by molar-refractivity contribution is 6.25. The number of carbonyl (C=O) groups excluding carboxylic acids is 2. The molecule has 1 heterocycles. The minimum absolute atomic E-state index is 0.0706. The second-order valence-corrected chi connectivity index (χ2v) is 6.47. The van der Waals surface area contributed by atoms with E-state index in [0.717, 1.165) is 0 Å². The van der Waals surface area contributed by atoms with Gasteiger partial charge in [0, 0.05) is 23.3 Å². The topological polar surface area (TPSA) is 89.8 Å². The highest BCUT2D eigenvalue weighted by atomic mass is 16.6. The Kier molecular flexibility index (Phi) is 4.33. The first-order chi connectivity index (χ1) is 13.5. The quantitative estimate of drug-likeness (QED) is 0.213. The summed E-state index contributed by atoms with van der Waals surface area (Å²) in [5, 5.41) is 10.9. The SMILES string of the molecule is O=C(c1ccccc1)C1(C(=O)c2ccccc2)O[C@@H]1c1ccc([N+](=O)[O-])cc1. The molecule has 0 amide bonds. The lowest BCUT2D eigenvalue weighted by atomic mass is 9.85. The third kappa shape index (κ3) is 2.90. The molecule has 138 valence electrons. The molecule has 28 heavy (non-hydrogen) atoms. The fourth-order valence-electron chi connectivity index (χ4n) is 3.28. The van der Waals surface area contributed by atoms with E-state index >= 15 is 0 Å². The summed E-state index contributed by atoms with van der Waals surface area (Å²) < 4.78 is 5.75. The van der Waals surface area contributed by atoms with E-state index in [4.69, 9.17) is 4.74 Å². The molecule has 1 fully saturated rings. The highest BCUT2D eigenvalue weighted by Crippen LogP contribution is 2.53. The predicted molar refractivity (Wildman–Crippen MR) is 101 cm³/mol. The van der Waals surface area contributed by atoms with Gasteiger partial charge in [-0.15, -0.1) is 0 Å². The van der Waals surface area contributed by atoms with Crippen LogP contribution in [0.5, 0.6) is 0 Å². The van der Waals surface area contributed by atoms with Crippen LogP contribution in [0.4, 0.5) is 5.69 Å². The third-order valence-electron chi connectivity index (χ3n) is 4.77. The van der Waals surface area contributed by atoms with Crippen molar-refractivity contribution >= 4 is 17.3 Å². The summed E-state index contributed by atoms with van der Waals surface area (Å²) in [4.78, 5) is 36.9. The van der Waals surface area contributed by atoms with Gasteiger partial charge in [0.25, 0.3) is 5.69 Å². The van der Waals surface area contributed by atoms with Crippen molar-refractivity contribution in [2.45, 2.75) is 11.7 Å². The normalized spacial score (nSPS) is 16.9. The van der Waals surface area contributed by atoms with Crippen LogP contribution in [0.3, 0.4) is 0 Å². The van der Waals surface area contributed by atoms with Crippen LogP contribution in [0.15, 0.2) is 84.9 Å². The maximum atomic E-state index is 13.2. The van der Waals surface area contributed by atoms with Crippen molar-refractivity contribution in [1.82, 2.24) is 0 Å². The minimum atomic E-state index is -1.67. The summed E-state index contributed by atoms with van der Waals surface area (Å²) in [6.07, 6.45) is -0.797. The number of benzene rings is 3. The van der Waals surface area contributed by atoms with Crippen LogP contribution in [-0.4, -0.2) is 22.1 Å². The summed E-state index contributed by atoms with van der Waals surface area (Å²) >= 11 is 0. The lowest BCUT2D eigenvalue weighted by Gasteiger charge is -2.12. The number of epoxide rings is 1. The van der Waals surface area contributed by atoms with Gasteiger partial charge in [0.05, 0.1) is 4.92 Å². The molecule has 3 aromatic rings. The van der Waals surface area contributed by atoms with Crippen molar-refractivity contribution < 1.29 is 19.2 Å². The van der Waals surface area contributed by atoms with Crippen LogP contribution < -0.4 is 0 Å². The number of nitrogens with zero attached hydrogens (tertiary/aromatic N) is 1. The average molecular weight is 373 g/mol. The summed E-state index contributed by atoms with van der Waals surface area (Å²) in [6, 6.07) is 22.7. The Bertz CT molecular complexity index is 994. The second-order valence-electron chi connectivity index (χ2n) is 6.47. The molecule has 3 aromatic carbocycles. The number of ketones is 2. The van der Waals surface area contributed by atoms with E-state index in [2.05, 4.69) is 0 Å². The van der Waals surface area contributed by atoms with Crippen molar-refractivity contribution in [2.75, 3.05) is 0 Å². The van der Waals surface area contributed by atoms with Gasteiger partial charge in [0.2, 0.25) is 17.2 Å². The van der Waals surface area contributed by atoms with Gasteiger partial charge in [-0.05, 0) is 17.7 Å². The zero-order valence-electron chi connectivity index (χ0n) is 14.6. The first kappa shape index (κ1) is 17.8. The monoisotopic (exact) mass is 373 g/mol. The fourth-order valence-corrected chi connectivity index (χ4v) is 3.28. The number of nitro groups is 1.